The van der Waals surface area contributed by atoms with Gasteiger partial charge in [0.2, 0.25) is 5.95 Å². The highest BCUT2D eigenvalue weighted by molar-refractivity contribution is 5.93. The zero-order valence-electron chi connectivity index (χ0n) is 16.7. The van der Waals surface area contributed by atoms with E-state index in [1.54, 1.807) is 12.4 Å². The van der Waals surface area contributed by atoms with Crippen molar-refractivity contribution in [2.75, 3.05) is 5.32 Å². The standard InChI is InChI=1S/C22H30N4O/c1-14(2)18-10-7-11-19(15(3)4)20(18)26-22-23-12-16(13-24-22)21(27)25-17-8-5-6-9-17/h7,10-15,17H,5-6,8-9H2,1-4H3,(H,25,27)(H,23,24,26). The second-order valence-corrected chi connectivity index (χ2v) is 8.00. The molecular formula is C22H30N4O. The molecule has 3 rings (SSSR count). The van der Waals surface area contributed by atoms with E-state index >= 15 is 0 Å². The Balaban J connectivity index is 1.77. The van der Waals surface area contributed by atoms with E-state index in [0.717, 1.165) is 18.5 Å². The Kier molecular flexibility index (Phi) is 6.09. The van der Waals surface area contributed by atoms with Crippen molar-refractivity contribution in [2.45, 2.75) is 71.3 Å². The lowest BCUT2D eigenvalue weighted by Crippen LogP contribution is -2.32. The first kappa shape index (κ1) is 19.3. The summed E-state index contributed by atoms with van der Waals surface area (Å²) in [6.45, 7) is 8.73. The molecule has 0 atom stereocenters. The average Bonchev–Trinajstić information content (AvgIpc) is 3.15. The number of para-hydroxylation sites is 1. The molecule has 1 amide bonds. The van der Waals surface area contributed by atoms with Crippen LogP contribution in [0.4, 0.5) is 11.6 Å². The molecule has 5 heteroatoms. The Hall–Kier alpha value is -2.43. The monoisotopic (exact) mass is 366 g/mol. The first-order chi connectivity index (χ1) is 13.0. The van der Waals surface area contributed by atoms with Crippen LogP contribution in [0.15, 0.2) is 30.6 Å². The second-order valence-electron chi connectivity index (χ2n) is 8.00. The van der Waals surface area contributed by atoms with Crippen molar-refractivity contribution in [3.63, 3.8) is 0 Å². The van der Waals surface area contributed by atoms with Gasteiger partial charge in [-0.1, -0.05) is 58.7 Å². The Bertz CT molecular complexity index is 751. The summed E-state index contributed by atoms with van der Waals surface area (Å²) < 4.78 is 0. The number of hydrogen-bond acceptors (Lipinski definition) is 4. The molecule has 0 saturated heterocycles. The molecule has 1 fully saturated rings. The number of amides is 1. The summed E-state index contributed by atoms with van der Waals surface area (Å²) in [5.74, 6) is 1.21. The van der Waals surface area contributed by atoms with Gasteiger partial charge >= 0.3 is 0 Å². The highest BCUT2D eigenvalue weighted by Crippen LogP contribution is 2.33. The first-order valence-electron chi connectivity index (χ1n) is 9.98. The molecule has 0 spiro atoms. The molecule has 1 aromatic carbocycles. The molecule has 1 aliphatic rings. The molecule has 0 aliphatic heterocycles. The first-order valence-corrected chi connectivity index (χ1v) is 9.98. The molecular weight excluding hydrogens is 336 g/mol. The normalized spacial score (nSPS) is 14.7. The van der Waals surface area contributed by atoms with E-state index in [-0.39, 0.29) is 5.91 Å². The van der Waals surface area contributed by atoms with Crippen molar-refractivity contribution in [3.05, 3.63) is 47.3 Å². The molecule has 27 heavy (non-hydrogen) atoms. The van der Waals surface area contributed by atoms with Gasteiger partial charge in [-0.25, -0.2) is 9.97 Å². The number of aromatic nitrogens is 2. The molecule has 2 aromatic rings. The maximum Gasteiger partial charge on any atom is 0.254 e. The maximum atomic E-state index is 12.3. The summed E-state index contributed by atoms with van der Waals surface area (Å²) in [5, 5.41) is 6.46. The predicted octanol–water partition coefficient (Wildman–Crippen LogP) is 5.14. The lowest BCUT2D eigenvalue weighted by molar-refractivity contribution is 0.0937. The van der Waals surface area contributed by atoms with Gasteiger partial charge in [-0.2, -0.15) is 0 Å². The van der Waals surface area contributed by atoms with Crippen molar-refractivity contribution in [1.82, 2.24) is 15.3 Å². The van der Waals surface area contributed by atoms with Crippen LogP contribution < -0.4 is 10.6 Å². The number of carbonyl (C=O) groups excluding carboxylic acids is 1. The van der Waals surface area contributed by atoms with E-state index in [9.17, 15) is 4.79 Å². The van der Waals surface area contributed by atoms with Crippen LogP contribution in [0, 0.1) is 0 Å². The highest BCUT2D eigenvalue weighted by Gasteiger charge is 2.19. The molecule has 5 nitrogen and oxygen atoms in total. The Morgan fingerprint density at radius 2 is 1.56 bits per heavy atom. The van der Waals surface area contributed by atoms with Gasteiger partial charge in [0, 0.05) is 24.1 Å². The van der Waals surface area contributed by atoms with Crippen molar-refractivity contribution < 1.29 is 4.79 Å². The van der Waals surface area contributed by atoms with Crippen LogP contribution in [-0.2, 0) is 0 Å². The quantitative estimate of drug-likeness (QED) is 0.743. The number of hydrogen-bond donors (Lipinski definition) is 2. The van der Waals surface area contributed by atoms with Gasteiger partial charge in [0.1, 0.15) is 0 Å². The molecule has 1 heterocycles. The largest absolute Gasteiger partial charge is 0.349 e. The Labute approximate surface area is 162 Å². The molecule has 1 saturated carbocycles. The topological polar surface area (TPSA) is 66.9 Å². The van der Waals surface area contributed by atoms with Gasteiger partial charge in [-0.3, -0.25) is 4.79 Å². The Morgan fingerprint density at radius 3 is 2.07 bits per heavy atom. The van der Waals surface area contributed by atoms with Crippen molar-refractivity contribution in [2.24, 2.45) is 0 Å². The predicted molar refractivity (Wildman–Crippen MR) is 110 cm³/mol. The fourth-order valence-electron chi connectivity index (χ4n) is 3.66. The van der Waals surface area contributed by atoms with Gasteiger partial charge in [0.15, 0.2) is 0 Å². The minimum Gasteiger partial charge on any atom is -0.349 e. The molecule has 0 bridgehead atoms. The Morgan fingerprint density at radius 1 is 1.00 bits per heavy atom. The third kappa shape index (κ3) is 4.65. The number of carbonyl (C=O) groups is 1. The number of nitrogens with zero attached hydrogens (tertiary/aromatic N) is 2. The van der Waals surface area contributed by atoms with Gasteiger partial charge in [0.25, 0.3) is 5.91 Å². The maximum absolute atomic E-state index is 12.3. The molecule has 0 radical (unpaired) electrons. The smallest absolute Gasteiger partial charge is 0.254 e. The van der Waals surface area contributed by atoms with E-state index in [1.165, 1.54) is 24.0 Å². The minimum absolute atomic E-state index is 0.0844. The van der Waals surface area contributed by atoms with E-state index in [0.29, 0.717) is 29.4 Å². The minimum atomic E-state index is -0.0844. The summed E-state index contributed by atoms with van der Waals surface area (Å²) in [5.41, 5.74) is 4.07. The number of nitrogens with one attached hydrogen (secondary N) is 2. The molecule has 144 valence electrons. The SMILES string of the molecule is CC(C)c1cccc(C(C)C)c1Nc1ncc(C(=O)NC2CCCC2)cn1. The van der Waals surface area contributed by atoms with E-state index < -0.39 is 0 Å². The zero-order valence-corrected chi connectivity index (χ0v) is 16.7. The van der Waals surface area contributed by atoms with Crippen LogP contribution in [0.1, 0.15) is 86.7 Å². The van der Waals surface area contributed by atoms with Gasteiger partial charge < -0.3 is 10.6 Å². The van der Waals surface area contributed by atoms with Crippen molar-refractivity contribution in [3.8, 4) is 0 Å². The van der Waals surface area contributed by atoms with Crippen LogP contribution in [0.3, 0.4) is 0 Å². The number of benzene rings is 1. The average molecular weight is 367 g/mol. The molecule has 1 aromatic heterocycles. The van der Waals surface area contributed by atoms with Crippen LogP contribution in [-0.4, -0.2) is 21.9 Å². The zero-order chi connectivity index (χ0) is 19.4. The summed E-state index contributed by atoms with van der Waals surface area (Å²) in [6, 6.07) is 6.68. The summed E-state index contributed by atoms with van der Waals surface area (Å²) >= 11 is 0. The van der Waals surface area contributed by atoms with E-state index in [2.05, 4.69) is 66.5 Å². The number of anilines is 2. The fraction of sp³-hybridized carbons (Fsp3) is 0.500. The van der Waals surface area contributed by atoms with Crippen molar-refractivity contribution >= 4 is 17.5 Å². The van der Waals surface area contributed by atoms with Crippen LogP contribution >= 0.6 is 0 Å². The third-order valence-corrected chi connectivity index (χ3v) is 5.21. The lowest BCUT2D eigenvalue weighted by Gasteiger charge is -2.20. The third-order valence-electron chi connectivity index (χ3n) is 5.21. The molecule has 0 unspecified atom stereocenters. The summed E-state index contributed by atoms with van der Waals surface area (Å²) in [6.07, 6.45) is 7.72. The fourth-order valence-corrected chi connectivity index (χ4v) is 3.66. The van der Waals surface area contributed by atoms with Crippen LogP contribution in [0.2, 0.25) is 0 Å². The van der Waals surface area contributed by atoms with Crippen LogP contribution in [0.25, 0.3) is 0 Å². The highest BCUT2D eigenvalue weighted by atomic mass is 16.1. The van der Waals surface area contributed by atoms with Crippen LogP contribution in [0.5, 0.6) is 0 Å². The van der Waals surface area contributed by atoms with Gasteiger partial charge in [0.05, 0.1) is 5.56 Å². The lowest BCUT2D eigenvalue weighted by atomic mass is 9.93. The summed E-state index contributed by atoms with van der Waals surface area (Å²) in [4.78, 5) is 21.1. The van der Waals surface area contributed by atoms with Gasteiger partial charge in [-0.15, -0.1) is 0 Å². The number of rotatable bonds is 6. The van der Waals surface area contributed by atoms with E-state index in [4.69, 9.17) is 0 Å². The summed E-state index contributed by atoms with van der Waals surface area (Å²) in [7, 11) is 0. The van der Waals surface area contributed by atoms with E-state index in [1.807, 2.05) is 0 Å². The van der Waals surface area contributed by atoms with Gasteiger partial charge in [-0.05, 0) is 35.8 Å². The molecule has 2 N–H and O–H groups in total. The molecule has 1 aliphatic carbocycles. The second kappa shape index (κ2) is 8.51. The van der Waals surface area contributed by atoms with Crippen molar-refractivity contribution in [1.29, 1.82) is 0 Å².